The van der Waals surface area contributed by atoms with Crippen molar-refractivity contribution in [2.24, 2.45) is 5.92 Å². The molecule has 0 saturated carbocycles. The monoisotopic (exact) mass is 392 g/mol. The Labute approximate surface area is 166 Å². The van der Waals surface area contributed by atoms with Crippen LogP contribution >= 0.6 is 11.6 Å². The van der Waals surface area contributed by atoms with E-state index in [1.54, 1.807) is 0 Å². The van der Waals surface area contributed by atoms with Gasteiger partial charge in [-0.3, -0.25) is 9.69 Å². The Kier molecular flexibility index (Phi) is 6.08. The number of piperidine rings is 1. The number of likely N-dealkylation sites (tertiary alicyclic amines) is 2. The van der Waals surface area contributed by atoms with Gasteiger partial charge in [0.2, 0.25) is 5.91 Å². The quantitative estimate of drug-likeness (QED) is 0.786. The highest BCUT2D eigenvalue weighted by atomic mass is 35.5. The van der Waals surface area contributed by atoms with Crippen LogP contribution in [0.15, 0.2) is 12.1 Å². The zero-order chi connectivity index (χ0) is 18.6. The molecular formula is C21H29ClN2O3. The van der Waals surface area contributed by atoms with Crippen molar-refractivity contribution in [1.29, 1.82) is 0 Å². The number of carbonyl (C=O) groups excluding carboxylic acids is 1. The van der Waals surface area contributed by atoms with E-state index < -0.39 is 0 Å². The maximum Gasteiger partial charge on any atom is 0.225 e. The number of benzene rings is 1. The van der Waals surface area contributed by atoms with Gasteiger partial charge in [-0.05, 0) is 56.5 Å². The molecule has 3 heterocycles. The Morgan fingerprint density at radius 1 is 1.00 bits per heavy atom. The number of fused-ring (bicyclic) bond motifs is 1. The van der Waals surface area contributed by atoms with E-state index in [0.717, 1.165) is 69.7 Å². The molecule has 27 heavy (non-hydrogen) atoms. The highest BCUT2D eigenvalue weighted by Crippen LogP contribution is 2.38. The second kappa shape index (κ2) is 8.70. The average molecular weight is 393 g/mol. The Morgan fingerprint density at radius 3 is 2.44 bits per heavy atom. The van der Waals surface area contributed by atoms with E-state index in [0.29, 0.717) is 29.9 Å². The molecule has 5 nitrogen and oxygen atoms in total. The van der Waals surface area contributed by atoms with Crippen molar-refractivity contribution in [3.05, 3.63) is 22.7 Å². The van der Waals surface area contributed by atoms with Crippen molar-refractivity contribution in [1.82, 2.24) is 9.80 Å². The van der Waals surface area contributed by atoms with E-state index in [-0.39, 0.29) is 5.92 Å². The van der Waals surface area contributed by atoms with Crippen LogP contribution in [0.5, 0.6) is 11.5 Å². The molecule has 0 atom stereocenters. The predicted octanol–water partition coefficient (Wildman–Crippen LogP) is 3.73. The largest absolute Gasteiger partial charge is 0.486 e. The zero-order valence-corrected chi connectivity index (χ0v) is 16.7. The molecule has 148 valence electrons. The Balaban J connectivity index is 1.32. The number of carbonyl (C=O) groups is 1. The molecule has 6 heteroatoms. The Morgan fingerprint density at radius 2 is 1.70 bits per heavy atom. The lowest BCUT2D eigenvalue weighted by molar-refractivity contribution is -0.137. The molecule has 1 aromatic rings. The van der Waals surface area contributed by atoms with Crippen LogP contribution in [0.25, 0.3) is 0 Å². The van der Waals surface area contributed by atoms with Gasteiger partial charge in [-0.1, -0.05) is 24.4 Å². The third kappa shape index (κ3) is 4.52. The normalized spacial score (nSPS) is 21.7. The van der Waals surface area contributed by atoms with Crippen LogP contribution in [0.1, 0.15) is 44.1 Å². The maximum atomic E-state index is 12.8. The smallest absolute Gasteiger partial charge is 0.225 e. The first-order valence-corrected chi connectivity index (χ1v) is 10.7. The molecular weight excluding hydrogens is 364 g/mol. The van der Waals surface area contributed by atoms with Crippen molar-refractivity contribution in [3.8, 4) is 11.5 Å². The molecule has 0 aromatic heterocycles. The van der Waals surface area contributed by atoms with Crippen LogP contribution in [-0.4, -0.2) is 55.1 Å². The fourth-order valence-corrected chi connectivity index (χ4v) is 4.69. The summed E-state index contributed by atoms with van der Waals surface area (Å²) in [5.74, 6) is 1.99. The lowest BCUT2D eigenvalue weighted by Crippen LogP contribution is -2.42. The van der Waals surface area contributed by atoms with Crippen molar-refractivity contribution in [2.75, 3.05) is 39.4 Å². The summed E-state index contributed by atoms with van der Waals surface area (Å²) in [4.78, 5) is 17.4. The van der Waals surface area contributed by atoms with Gasteiger partial charge in [0.05, 0.1) is 5.02 Å². The van der Waals surface area contributed by atoms with Gasteiger partial charge >= 0.3 is 0 Å². The minimum absolute atomic E-state index is 0.197. The molecule has 2 saturated heterocycles. The molecule has 0 unspecified atom stereocenters. The molecule has 0 bridgehead atoms. The van der Waals surface area contributed by atoms with Crippen molar-refractivity contribution < 1.29 is 14.3 Å². The third-order valence-corrected chi connectivity index (χ3v) is 6.20. The summed E-state index contributed by atoms with van der Waals surface area (Å²) in [7, 11) is 0. The molecule has 3 aliphatic rings. The zero-order valence-electron chi connectivity index (χ0n) is 15.9. The number of hydrogen-bond donors (Lipinski definition) is 0. The molecule has 0 N–H and O–H groups in total. The van der Waals surface area contributed by atoms with Crippen molar-refractivity contribution in [3.63, 3.8) is 0 Å². The summed E-state index contributed by atoms with van der Waals surface area (Å²) in [5, 5.41) is 0.619. The van der Waals surface area contributed by atoms with Gasteiger partial charge in [0.1, 0.15) is 13.2 Å². The summed E-state index contributed by atoms with van der Waals surface area (Å²) < 4.78 is 11.3. The van der Waals surface area contributed by atoms with Crippen LogP contribution in [-0.2, 0) is 11.3 Å². The summed E-state index contributed by atoms with van der Waals surface area (Å²) in [5.41, 5.74) is 1.14. The number of amides is 1. The van der Waals surface area contributed by atoms with Gasteiger partial charge in [0, 0.05) is 25.6 Å². The minimum atomic E-state index is 0.197. The molecule has 0 aliphatic carbocycles. The molecule has 2 fully saturated rings. The Bertz CT molecular complexity index is 666. The molecule has 0 spiro atoms. The van der Waals surface area contributed by atoms with E-state index in [1.807, 2.05) is 12.1 Å². The number of ether oxygens (including phenoxy) is 2. The first-order valence-electron chi connectivity index (χ1n) is 10.3. The standard InChI is InChI=1S/C21H29ClN2O3/c22-18-13-16(14-19-20(18)27-12-11-26-19)15-23-9-5-17(6-10-23)21(25)24-7-3-1-2-4-8-24/h13-14,17H,1-12,15H2. The van der Waals surface area contributed by atoms with Crippen LogP contribution in [0.4, 0.5) is 0 Å². The number of halogens is 1. The van der Waals surface area contributed by atoms with E-state index in [4.69, 9.17) is 21.1 Å². The topological polar surface area (TPSA) is 42.0 Å². The first kappa shape index (κ1) is 18.9. The SMILES string of the molecule is O=C(C1CCN(Cc2cc(Cl)c3c(c2)OCCO3)CC1)N1CCCCCC1. The van der Waals surface area contributed by atoms with Crippen LogP contribution in [0.3, 0.4) is 0 Å². The first-order chi connectivity index (χ1) is 13.2. The second-order valence-corrected chi connectivity index (χ2v) is 8.30. The molecule has 0 radical (unpaired) electrons. The third-order valence-electron chi connectivity index (χ3n) is 5.92. The maximum absolute atomic E-state index is 12.8. The molecule has 1 amide bonds. The summed E-state index contributed by atoms with van der Waals surface area (Å²) in [6, 6.07) is 4.01. The number of rotatable bonds is 3. The van der Waals surface area contributed by atoms with E-state index >= 15 is 0 Å². The van der Waals surface area contributed by atoms with Crippen molar-refractivity contribution >= 4 is 17.5 Å². The number of nitrogens with zero attached hydrogens (tertiary/aromatic N) is 2. The van der Waals surface area contributed by atoms with Gasteiger partial charge in [0.15, 0.2) is 11.5 Å². The predicted molar refractivity (Wildman–Crippen MR) is 105 cm³/mol. The van der Waals surface area contributed by atoms with E-state index in [1.165, 1.54) is 12.8 Å². The van der Waals surface area contributed by atoms with Gasteiger partial charge in [-0.2, -0.15) is 0 Å². The molecule has 1 aromatic carbocycles. The summed E-state index contributed by atoms with van der Waals surface area (Å²) >= 11 is 6.36. The van der Waals surface area contributed by atoms with Crippen LogP contribution < -0.4 is 9.47 Å². The van der Waals surface area contributed by atoms with Crippen molar-refractivity contribution in [2.45, 2.75) is 45.1 Å². The van der Waals surface area contributed by atoms with E-state index in [2.05, 4.69) is 9.80 Å². The van der Waals surface area contributed by atoms with Gasteiger partial charge in [-0.25, -0.2) is 0 Å². The summed E-state index contributed by atoms with van der Waals surface area (Å²) in [6.45, 7) is 5.76. The highest BCUT2D eigenvalue weighted by molar-refractivity contribution is 6.32. The van der Waals surface area contributed by atoms with Crippen LogP contribution in [0.2, 0.25) is 5.02 Å². The minimum Gasteiger partial charge on any atom is -0.486 e. The van der Waals surface area contributed by atoms with Gasteiger partial charge in [0.25, 0.3) is 0 Å². The second-order valence-electron chi connectivity index (χ2n) is 7.89. The molecule has 4 rings (SSSR count). The Hall–Kier alpha value is -1.46. The summed E-state index contributed by atoms with van der Waals surface area (Å²) in [6.07, 6.45) is 6.76. The lowest BCUT2D eigenvalue weighted by Gasteiger charge is -2.34. The van der Waals surface area contributed by atoms with Gasteiger partial charge in [-0.15, -0.1) is 0 Å². The fourth-order valence-electron chi connectivity index (χ4n) is 4.40. The highest BCUT2D eigenvalue weighted by Gasteiger charge is 2.29. The lowest BCUT2D eigenvalue weighted by atomic mass is 9.94. The molecule has 3 aliphatic heterocycles. The van der Waals surface area contributed by atoms with E-state index in [9.17, 15) is 4.79 Å². The average Bonchev–Trinajstić information content (AvgIpc) is 2.98. The van der Waals surface area contributed by atoms with Crippen LogP contribution in [0, 0.1) is 5.92 Å². The number of hydrogen-bond acceptors (Lipinski definition) is 4. The van der Waals surface area contributed by atoms with Gasteiger partial charge < -0.3 is 14.4 Å². The fraction of sp³-hybridized carbons (Fsp3) is 0.667.